The number of ketones is 1. The molecule has 0 unspecified atom stereocenters. The van der Waals surface area contributed by atoms with Gasteiger partial charge in [-0.15, -0.1) is 0 Å². The van der Waals surface area contributed by atoms with Crippen LogP contribution in [0.4, 0.5) is 5.69 Å². The number of carbonyl (C=O) groups excluding carboxylic acids is 2. The largest absolute Gasteiger partial charge is 0.494 e. The zero-order chi connectivity index (χ0) is 20.6. The zero-order valence-electron chi connectivity index (χ0n) is 15.5. The molecule has 150 valence electrons. The van der Waals surface area contributed by atoms with Gasteiger partial charge in [0.05, 0.1) is 12.3 Å². The Morgan fingerprint density at radius 3 is 2.43 bits per heavy atom. The van der Waals surface area contributed by atoms with Gasteiger partial charge in [-0.25, -0.2) is 5.14 Å². The standard InChI is InChI=1S/C19H23N3O5S/c1-2-27-17-8-6-15(7-9-17)18(23)10-11-19(24)21-13-14-4-3-5-16(12-14)22-28(20,25)26/h3-9,12,22H,2,10-11,13H2,1H3,(H,21,24)(H2,20,25,26). The van der Waals surface area contributed by atoms with E-state index >= 15 is 0 Å². The van der Waals surface area contributed by atoms with Crippen molar-refractivity contribution < 1.29 is 22.7 Å². The molecule has 0 aliphatic carbocycles. The van der Waals surface area contributed by atoms with Crippen molar-refractivity contribution in [3.05, 3.63) is 59.7 Å². The molecule has 0 atom stereocenters. The van der Waals surface area contributed by atoms with Gasteiger partial charge in [0.25, 0.3) is 10.2 Å². The minimum absolute atomic E-state index is 0.0567. The van der Waals surface area contributed by atoms with Crippen molar-refractivity contribution in [3.63, 3.8) is 0 Å². The molecule has 0 aliphatic heterocycles. The number of benzene rings is 2. The molecule has 0 saturated carbocycles. The fraction of sp³-hybridized carbons (Fsp3) is 0.263. The molecule has 28 heavy (non-hydrogen) atoms. The van der Waals surface area contributed by atoms with E-state index in [0.29, 0.717) is 29.2 Å². The summed E-state index contributed by atoms with van der Waals surface area (Å²) in [7, 11) is -3.86. The Hall–Kier alpha value is -2.91. The molecule has 2 aromatic carbocycles. The van der Waals surface area contributed by atoms with Crippen LogP contribution in [-0.4, -0.2) is 26.7 Å². The summed E-state index contributed by atoms with van der Waals surface area (Å²) < 4.78 is 29.6. The van der Waals surface area contributed by atoms with Crippen molar-refractivity contribution in [1.82, 2.24) is 5.32 Å². The van der Waals surface area contributed by atoms with E-state index in [0.717, 1.165) is 0 Å². The van der Waals surface area contributed by atoms with Gasteiger partial charge < -0.3 is 10.1 Å². The monoisotopic (exact) mass is 405 g/mol. The van der Waals surface area contributed by atoms with Gasteiger partial charge in [0.2, 0.25) is 5.91 Å². The molecule has 8 nitrogen and oxygen atoms in total. The molecule has 2 rings (SSSR count). The van der Waals surface area contributed by atoms with Gasteiger partial charge in [-0.3, -0.25) is 14.3 Å². The summed E-state index contributed by atoms with van der Waals surface area (Å²) in [5.41, 5.74) is 1.53. The van der Waals surface area contributed by atoms with Crippen molar-refractivity contribution in [2.24, 2.45) is 5.14 Å². The van der Waals surface area contributed by atoms with E-state index in [1.165, 1.54) is 0 Å². The quantitative estimate of drug-likeness (QED) is 0.521. The summed E-state index contributed by atoms with van der Waals surface area (Å²) in [4.78, 5) is 24.2. The Morgan fingerprint density at radius 2 is 1.79 bits per heavy atom. The van der Waals surface area contributed by atoms with Crippen LogP contribution in [0.2, 0.25) is 0 Å². The molecule has 0 aliphatic rings. The van der Waals surface area contributed by atoms with Crippen LogP contribution in [0, 0.1) is 0 Å². The molecule has 9 heteroatoms. The van der Waals surface area contributed by atoms with Gasteiger partial charge in [0, 0.05) is 24.9 Å². The van der Waals surface area contributed by atoms with Crippen LogP contribution in [0.15, 0.2) is 48.5 Å². The minimum atomic E-state index is -3.86. The summed E-state index contributed by atoms with van der Waals surface area (Å²) in [6.07, 6.45) is 0.147. The maximum Gasteiger partial charge on any atom is 0.296 e. The number of rotatable bonds is 10. The number of anilines is 1. The second-order valence-corrected chi connectivity index (χ2v) is 7.30. The number of ether oxygens (including phenoxy) is 1. The average molecular weight is 405 g/mol. The molecule has 1 amide bonds. The molecule has 0 radical (unpaired) electrons. The highest BCUT2D eigenvalue weighted by Gasteiger charge is 2.10. The molecule has 0 saturated heterocycles. The predicted molar refractivity (Wildman–Crippen MR) is 106 cm³/mol. The number of hydrogen-bond acceptors (Lipinski definition) is 5. The molecule has 4 N–H and O–H groups in total. The molecule has 0 bridgehead atoms. The van der Waals surface area contributed by atoms with Crippen molar-refractivity contribution in [1.29, 1.82) is 0 Å². The van der Waals surface area contributed by atoms with Crippen molar-refractivity contribution in [3.8, 4) is 5.75 Å². The summed E-state index contributed by atoms with van der Waals surface area (Å²) in [5.74, 6) is 0.289. The first-order valence-corrected chi connectivity index (χ1v) is 10.2. The topological polar surface area (TPSA) is 128 Å². The Bertz CT molecular complexity index is 927. The third-order valence-corrected chi connectivity index (χ3v) is 4.26. The molecule has 2 aromatic rings. The van der Waals surface area contributed by atoms with Gasteiger partial charge in [-0.2, -0.15) is 8.42 Å². The van der Waals surface area contributed by atoms with Gasteiger partial charge in [0.1, 0.15) is 5.75 Å². The lowest BCUT2D eigenvalue weighted by atomic mass is 10.1. The van der Waals surface area contributed by atoms with E-state index in [1.54, 1.807) is 48.5 Å². The average Bonchev–Trinajstić information content (AvgIpc) is 2.64. The number of carbonyl (C=O) groups is 2. The highest BCUT2D eigenvalue weighted by molar-refractivity contribution is 7.90. The summed E-state index contributed by atoms with van der Waals surface area (Å²) in [5, 5.41) is 7.63. The molecular formula is C19H23N3O5S. The number of nitrogens with two attached hydrogens (primary N) is 1. The van der Waals surface area contributed by atoms with E-state index in [4.69, 9.17) is 9.88 Å². The second-order valence-electron chi connectivity index (χ2n) is 6.00. The number of hydrogen-bond donors (Lipinski definition) is 3. The maximum atomic E-state index is 12.2. The van der Waals surface area contributed by atoms with E-state index in [-0.39, 0.29) is 31.1 Å². The summed E-state index contributed by atoms with van der Waals surface area (Å²) >= 11 is 0. The Labute approximate surface area is 164 Å². The van der Waals surface area contributed by atoms with E-state index in [1.807, 2.05) is 6.92 Å². The second kappa shape index (κ2) is 9.86. The minimum Gasteiger partial charge on any atom is -0.494 e. The molecule has 0 aromatic heterocycles. The lowest BCUT2D eigenvalue weighted by molar-refractivity contribution is -0.121. The van der Waals surface area contributed by atoms with Crippen LogP contribution >= 0.6 is 0 Å². The normalized spacial score (nSPS) is 10.9. The SMILES string of the molecule is CCOc1ccc(C(=O)CCC(=O)NCc2cccc(NS(N)(=O)=O)c2)cc1. The Kier molecular flexibility index (Phi) is 7.53. The third-order valence-electron chi connectivity index (χ3n) is 3.74. The Balaban J connectivity index is 1.81. The van der Waals surface area contributed by atoms with Gasteiger partial charge in [-0.05, 0) is 48.9 Å². The summed E-state index contributed by atoms with van der Waals surface area (Å²) in [6, 6.07) is 13.3. The lowest BCUT2D eigenvalue weighted by Gasteiger charge is -2.08. The first kappa shape index (κ1) is 21.4. The van der Waals surface area contributed by atoms with E-state index in [2.05, 4.69) is 10.0 Å². The van der Waals surface area contributed by atoms with Crippen molar-refractivity contribution >= 4 is 27.6 Å². The smallest absolute Gasteiger partial charge is 0.296 e. The van der Waals surface area contributed by atoms with E-state index < -0.39 is 10.2 Å². The molecule has 0 fully saturated rings. The lowest BCUT2D eigenvalue weighted by Crippen LogP contribution is -2.24. The van der Waals surface area contributed by atoms with Crippen LogP contribution in [0.5, 0.6) is 5.75 Å². The first-order valence-electron chi connectivity index (χ1n) is 8.69. The fourth-order valence-electron chi connectivity index (χ4n) is 2.47. The zero-order valence-corrected chi connectivity index (χ0v) is 16.3. The summed E-state index contributed by atoms with van der Waals surface area (Å²) in [6.45, 7) is 2.63. The van der Waals surface area contributed by atoms with Gasteiger partial charge in [-0.1, -0.05) is 12.1 Å². The maximum absolute atomic E-state index is 12.2. The fourth-order valence-corrected chi connectivity index (χ4v) is 2.93. The first-order chi connectivity index (χ1) is 13.3. The van der Waals surface area contributed by atoms with Crippen LogP contribution < -0.4 is 19.9 Å². The Morgan fingerprint density at radius 1 is 1.07 bits per heavy atom. The highest BCUT2D eigenvalue weighted by Crippen LogP contribution is 2.14. The number of nitrogens with one attached hydrogen (secondary N) is 2. The van der Waals surface area contributed by atoms with Crippen molar-refractivity contribution in [2.45, 2.75) is 26.3 Å². The van der Waals surface area contributed by atoms with Crippen molar-refractivity contribution in [2.75, 3.05) is 11.3 Å². The highest BCUT2D eigenvalue weighted by atomic mass is 32.2. The van der Waals surface area contributed by atoms with Gasteiger partial charge >= 0.3 is 0 Å². The van der Waals surface area contributed by atoms with Crippen LogP contribution in [-0.2, 0) is 21.5 Å². The van der Waals surface area contributed by atoms with Gasteiger partial charge in [0.15, 0.2) is 5.78 Å². The molecule has 0 spiro atoms. The predicted octanol–water partition coefficient (Wildman–Crippen LogP) is 1.98. The van der Waals surface area contributed by atoms with Crippen LogP contribution in [0.3, 0.4) is 0 Å². The number of amides is 1. The van der Waals surface area contributed by atoms with Crippen LogP contribution in [0.1, 0.15) is 35.7 Å². The number of Topliss-reactive ketones (excluding diaryl/α,β-unsaturated/α-hetero) is 1. The van der Waals surface area contributed by atoms with E-state index in [9.17, 15) is 18.0 Å². The molecule has 0 heterocycles. The van der Waals surface area contributed by atoms with Crippen LogP contribution in [0.25, 0.3) is 0 Å². The third kappa shape index (κ3) is 7.37. The molecular weight excluding hydrogens is 382 g/mol.